The monoisotopic (exact) mass is 346 g/mol. The third-order valence-electron chi connectivity index (χ3n) is 3.25. The third kappa shape index (κ3) is 2.79. The van der Waals surface area contributed by atoms with Gasteiger partial charge in [0.25, 0.3) is 0 Å². The molecule has 0 bridgehead atoms. The number of amidine groups is 2. The topological polar surface area (TPSA) is 92.6 Å². The second-order valence-corrected chi connectivity index (χ2v) is 5.59. The molecule has 3 rings (SSSR count). The highest BCUT2D eigenvalue weighted by atomic mass is 35.5. The number of hydrogen-bond donors (Lipinski definition) is 3. The summed E-state index contributed by atoms with van der Waals surface area (Å²) < 4.78 is 0. The van der Waals surface area contributed by atoms with Crippen molar-refractivity contribution in [2.75, 3.05) is 5.01 Å². The molecule has 1 aliphatic heterocycles. The van der Waals surface area contributed by atoms with Gasteiger partial charge >= 0.3 is 0 Å². The fourth-order valence-corrected chi connectivity index (χ4v) is 2.60. The van der Waals surface area contributed by atoms with Crippen LogP contribution in [0.2, 0.25) is 10.0 Å². The summed E-state index contributed by atoms with van der Waals surface area (Å²) in [5.41, 5.74) is 1.21. The number of para-hydroxylation sites is 1. The van der Waals surface area contributed by atoms with Gasteiger partial charge in [0.2, 0.25) is 0 Å². The predicted octanol–water partition coefficient (Wildman–Crippen LogP) is 3.63. The molecular weight excluding hydrogens is 335 g/mol. The average Bonchev–Trinajstić information content (AvgIpc) is 2.74. The van der Waals surface area contributed by atoms with Crippen molar-refractivity contribution in [1.29, 1.82) is 10.8 Å². The van der Waals surface area contributed by atoms with Crippen LogP contribution in [-0.4, -0.2) is 22.5 Å². The zero-order valence-electron chi connectivity index (χ0n) is 11.8. The molecule has 0 aliphatic carbocycles. The van der Waals surface area contributed by atoms with E-state index in [1.807, 2.05) is 18.2 Å². The SMILES string of the molecule is N=C1C(=Nc2ccc(Cl)cc2Cl)C(=N)N(c2ccccc2)N1N. The number of benzene rings is 2. The summed E-state index contributed by atoms with van der Waals surface area (Å²) in [6, 6.07) is 13.9. The maximum absolute atomic E-state index is 8.29. The summed E-state index contributed by atoms with van der Waals surface area (Å²) in [5.74, 6) is 5.81. The Kier molecular flexibility index (Phi) is 4.04. The van der Waals surface area contributed by atoms with Crippen LogP contribution in [0.5, 0.6) is 0 Å². The quantitative estimate of drug-likeness (QED) is 0.724. The number of nitrogens with two attached hydrogens (primary N) is 1. The fraction of sp³-hybridized carbons (Fsp3) is 0. The number of rotatable bonds is 2. The van der Waals surface area contributed by atoms with Crippen molar-refractivity contribution in [3.8, 4) is 0 Å². The molecular formula is C15H12Cl2N6. The molecule has 0 saturated carbocycles. The molecule has 2 aromatic rings. The van der Waals surface area contributed by atoms with Crippen molar-refractivity contribution >= 4 is 52.0 Å². The van der Waals surface area contributed by atoms with Gasteiger partial charge in [-0.1, -0.05) is 41.4 Å². The Bertz CT molecular complexity index is 818. The van der Waals surface area contributed by atoms with Gasteiger partial charge in [0.1, 0.15) is 0 Å². The van der Waals surface area contributed by atoms with Gasteiger partial charge < -0.3 is 0 Å². The Labute approximate surface area is 142 Å². The van der Waals surface area contributed by atoms with Crippen molar-refractivity contribution in [2.45, 2.75) is 0 Å². The van der Waals surface area contributed by atoms with Crippen LogP contribution < -0.4 is 10.9 Å². The number of anilines is 1. The summed E-state index contributed by atoms with van der Waals surface area (Å²) in [6.07, 6.45) is 0. The molecule has 1 saturated heterocycles. The first-order valence-corrected chi connectivity index (χ1v) is 7.36. The molecule has 1 aliphatic rings. The molecule has 0 atom stereocenters. The Balaban J connectivity index is 2.02. The van der Waals surface area contributed by atoms with E-state index in [9.17, 15) is 0 Å². The first-order chi connectivity index (χ1) is 11.0. The minimum atomic E-state index is -0.0927. The molecule has 4 N–H and O–H groups in total. The lowest BCUT2D eigenvalue weighted by molar-refractivity contribution is 0.474. The fourth-order valence-electron chi connectivity index (χ4n) is 2.15. The molecule has 0 amide bonds. The summed E-state index contributed by atoms with van der Waals surface area (Å²) in [5, 5.41) is 19.7. The molecule has 0 aromatic heterocycles. The van der Waals surface area contributed by atoms with E-state index in [-0.39, 0.29) is 17.4 Å². The van der Waals surface area contributed by atoms with Crippen LogP contribution in [-0.2, 0) is 0 Å². The van der Waals surface area contributed by atoms with Crippen LogP contribution in [0.4, 0.5) is 11.4 Å². The molecule has 116 valence electrons. The number of aliphatic imine (C=N–C) groups is 1. The van der Waals surface area contributed by atoms with Gasteiger partial charge in [-0.15, -0.1) is 0 Å². The van der Waals surface area contributed by atoms with E-state index in [0.29, 0.717) is 21.4 Å². The summed E-state index contributed by atoms with van der Waals surface area (Å²) in [7, 11) is 0. The predicted molar refractivity (Wildman–Crippen MR) is 94.0 cm³/mol. The summed E-state index contributed by atoms with van der Waals surface area (Å²) in [6.45, 7) is 0. The van der Waals surface area contributed by atoms with Gasteiger partial charge in [0.05, 0.1) is 16.4 Å². The number of hydrogen-bond acceptors (Lipinski definition) is 4. The Morgan fingerprint density at radius 2 is 1.65 bits per heavy atom. The summed E-state index contributed by atoms with van der Waals surface area (Å²) in [4.78, 5) is 4.30. The van der Waals surface area contributed by atoms with Gasteiger partial charge in [-0.05, 0) is 30.3 Å². The molecule has 0 unspecified atom stereocenters. The van der Waals surface area contributed by atoms with Crippen LogP contribution in [0, 0.1) is 10.8 Å². The maximum Gasteiger partial charge on any atom is 0.187 e. The van der Waals surface area contributed by atoms with Crippen molar-refractivity contribution in [3.05, 3.63) is 58.6 Å². The van der Waals surface area contributed by atoms with Gasteiger partial charge in [0.15, 0.2) is 17.4 Å². The minimum absolute atomic E-state index is 0.00489. The van der Waals surface area contributed by atoms with Gasteiger partial charge in [-0.3, -0.25) is 10.8 Å². The molecule has 8 heteroatoms. The standard InChI is InChI=1S/C15H12Cl2N6/c16-9-6-7-12(11(17)8-9)21-13-14(18)22(23(20)15(13)19)10-4-2-1-3-5-10/h1-8,18-19H,20H2. The second kappa shape index (κ2) is 6.00. The smallest absolute Gasteiger partial charge is 0.187 e. The van der Waals surface area contributed by atoms with Gasteiger partial charge in [-0.25, -0.2) is 15.8 Å². The lowest BCUT2D eigenvalue weighted by Gasteiger charge is -2.24. The van der Waals surface area contributed by atoms with Crippen molar-refractivity contribution in [1.82, 2.24) is 5.12 Å². The molecule has 1 heterocycles. The van der Waals surface area contributed by atoms with Crippen LogP contribution in [0.3, 0.4) is 0 Å². The lowest BCUT2D eigenvalue weighted by atomic mass is 10.2. The maximum atomic E-state index is 8.29. The van der Waals surface area contributed by atoms with Crippen LogP contribution in [0.1, 0.15) is 0 Å². The molecule has 1 fully saturated rings. The van der Waals surface area contributed by atoms with Crippen molar-refractivity contribution < 1.29 is 0 Å². The third-order valence-corrected chi connectivity index (χ3v) is 3.79. The van der Waals surface area contributed by atoms with E-state index in [1.165, 1.54) is 5.01 Å². The number of nitrogens with one attached hydrogen (secondary N) is 2. The van der Waals surface area contributed by atoms with Crippen LogP contribution in [0.15, 0.2) is 53.5 Å². The highest BCUT2D eigenvalue weighted by Gasteiger charge is 2.36. The van der Waals surface area contributed by atoms with E-state index >= 15 is 0 Å². The van der Waals surface area contributed by atoms with E-state index in [0.717, 1.165) is 5.12 Å². The first kappa shape index (κ1) is 15.5. The normalized spacial score (nSPS) is 16.6. The Hall–Kier alpha value is -2.41. The highest BCUT2D eigenvalue weighted by Crippen LogP contribution is 2.29. The molecule has 0 spiro atoms. The Morgan fingerprint density at radius 1 is 0.957 bits per heavy atom. The second-order valence-electron chi connectivity index (χ2n) is 4.75. The zero-order chi connectivity index (χ0) is 16.6. The van der Waals surface area contributed by atoms with Crippen molar-refractivity contribution in [3.63, 3.8) is 0 Å². The average molecular weight is 347 g/mol. The number of nitrogens with zero attached hydrogens (tertiary/aromatic N) is 3. The zero-order valence-corrected chi connectivity index (χ0v) is 13.3. The van der Waals surface area contributed by atoms with Crippen LogP contribution in [0.25, 0.3) is 0 Å². The van der Waals surface area contributed by atoms with Crippen LogP contribution >= 0.6 is 23.2 Å². The molecule has 0 radical (unpaired) electrons. The Morgan fingerprint density at radius 3 is 2.30 bits per heavy atom. The van der Waals surface area contributed by atoms with E-state index in [1.54, 1.807) is 30.3 Å². The molecule has 6 nitrogen and oxygen atoms in total. The highest BCUT2D eigenvalue weighted by molar-refractivity contribution is 6.72. The van der Waals surface area contributed by atoms with E-state index in [2.05, 4.69) is 4.99 Å². The molecule has 23 heavy (non-hydrogen) atoms. The minimum Gasteiger partial charge on any atom is -0.281 e. The summed E-state index contributed by atoms with van der Waals surface area (Å²) >= 11 is 12.0. The lowest BCUT2D eigenvalue weighted by Crippen LogP contribution is -2.45. The molecule has 2 aromatic carbocycles. The first-order valence-electron chi connectivity index (χ1n) is 6.60. The number of halogens is 2. The van der Waals surface area contributed by atoms with Gasteiger partial charge in [0, 0.05) is 5.02 Å². The van der Waals surface area contributed by atoms with Crippen molar-refractivity contribution in [2.24, 2.45) is 10.8 Å². The number of hydrazine groups is 2. The van der Waals surface area contributed by atoms with Gasteiger partial charge in [-0.2, -0.15) is 5.12 Å². The largest absolute Gasteiger partial charge is 0.281 e. The van der Waals surface area contributed by atoms with E-state index in [4.69, 9.17) is 39.9 Å². The van der Waals surface area contributed by atoms with E-state index < -0.39 is 0 Å².